The predicted molar refractivity (Wildman–Crippen MR) is 69.1 cm³/mol. The summed E-state index contributed by atoms with van der Waals surface area (Å²) in [5.41, 5.74) is 0. The fourth-order valence-electron chi connectivity index (χ4n) is 1.84. The molecule has 1 aliphatic heterocycles. The number of nitrogens with one attached hydrogen (secondary N) is 1. The Morgan fingerprint density at radius 2 is 2.12 bits per heavy atom. The molecule has 16 heavy (non-hydrogen) atoms. The summed E-state index contributed by atoms with van der Waals surface area (Å²) in [5, 5.41) is 12.9. The van der Waals surface area contributed by atoms with Gasteiger partial charge in [-0.3, -0.25) is 4.90 Å². The van der Waals surface area contributed by atoms with E-state index in [-0.39, 0.29) is 6.61 Å². The molecule has 1 rings (SSSR count). The number of ether oxygens (including phenoxy) is 1. The smallest absolute Gasteiger partial charge is 0.0594 e. The quantitative estimate of drug-likeness (QED) is 0.665. The average molecular weight is 248 g/mol. The summed E-state index contributed by atoms with van der Waals surface area (Å²) in [5.74, 6) is 0. The molecule has 0 aromatic carbocycles. The third kappa shape index (κ3) is 5.01. The molecule has 4 nitrogen and oxygen atoms in total. The Morgan fingerprint density at radius 3 is 2.69 bits per heavy atom. The van der Waals surface area contributed by atoms with Crippen molar-refractivity contribution in [3.05, 3.63) is 0 Å². The van der Waals surface area contributed by atoms with Crippen LogP contribution in [0.1, 0.15) is 6.92 Å². The van der Waals surface area contributed by atoms with Crippen LogP contribution in [0.4, 0.5) is 0 Å². The van der Waals surface area contributed by atoms with Crippen molar-refractivity contribution in [2.45, 2.75) is 18.2 Å². The average Bonchev–Trinajstić information content (AvgIpc) is 2.32. The van der Waals surface area contributed by atoms with Gasteiger partial charge in [0.2, 0.25) is 0 Å². The fourth-order valence-corrected chi connectivity index (χ4v) is 2.50. The largest absolute Gasteiger partial charge is 0.395 e. The van der Waals surface area contributed by atoms with Gasteiger partial charge in [-0.15, -0.1) is 0 Å². The number of morpholine rings is 1. The molecule has 2 N–H and O–H groups in total. The first kappa shape index (κ1) is 14.3. The maximum atomic E-state index is 9.16. The van der Waals surface area contributed by atoms with Crippen molar-refractivity contribution in [2.75, 3.05) is 52.3 Å². The van der Waals surface area contributed by atoms with Crippen molar-refractivity contribution in [3.63, 3.8) is 0 Å². The van der Waals surface area contributed by atoms with E-state index in [1.54, 1.807) is 11.8 Å². The summed E-state index contributed by atoms with van der Waals surface area (Å²) in [7, 11) is 0. The van der Waals surface area contributed by atoms with Crippen LogP contribution >= 0.6 is 11.8 Å². The van der Waals surface area contributed by atoms with E-state index in [0.29, 0.717) is 11.3 Å². The van der Waals surface area contributed by atoms with Crippen LogP contribution in [0, 0.1) is 0 Å². The summed E-state index contributed by atoms with van der Waals surface area (Å²) in [6.45, 7) is 8.24. The van der Waals surface area contributed by atoms with Gasteiger partial charge in [-0.1, -0.05) is 0 Å². The van der Waals surface area contributed by atoms with E-state index in [2.05, 4.69) is 17.1 Å². The Labute approximate surface area is 103 Å². The molecule has 1 saturated heterocycles. The summed E-state index contributed by atoms with van der Waals surface area (Å²) < 4.78 is 5.30. The topological polar surface area (TPSA) is 44.7 Å². The van der Waals surface area contributed by atoms with E-state index < -0.39 is 0 Å². The van der Waals surface area contributed by atoms with Crippen molar-refractivity contribution in [1.82, 2.24) is 10.2 Å². The number of thioether (sulfide) groups is 1. The molecule has 1 heterocycles. The Hall–Kier alpha value is 0.190. The number of hydrogen-bond acceptors (Lipinski definition) is 5. The molecule has 96 valence electrons. The van der Waals surface area contributed by atoms with Crippen molar-refractivity contribution < 1.29 is 9.84 Å². The van der Waals surface area contributed by atoms with E-state index in [4.69, 9.17) is 9.84 Å². The molecule has 0 aromatic rings. The summed E-state index contributed by atoms with van der Waals surface area (Å²) in [4.78, 5) is 2.41. The van der Waals surface area contributed by atoms with Gasteiger partial charge in [0.05, 0.1) is 19.8 Å². The second kappa shape index (κ2) is 8.31. The van der Waals surface area contributed by atoms with E-state index >= 15 is 0 Å². The van der Waals surface area contributed by atoms with Gasteiger partial charge < -0.3 is 15.2 Å². The van der Waals surface area contributed by atoms with Crippen LogP contribution in [0.15, 0.2) is 0 Å². The lowest BCUT2D eigenvalue weighted by Gasteiger charge is -2.28. The van der Waals surface area contributed by atoms with Gasteiger partial charge in [0, 0.05) is 37.5 Å². The molecule has 5 heteroatoms. The van der Waals surface area contributed by atoms with E-state index in [1.807, 2.05) is 6.26 Å². The summed E-state index contributed by atoms with van der Waals surface area (Å²) in [6.07, 6.45) is 2.04. The van der Waals surface area contributed by atoms with Crippen LogP contribution in [0.2, 0.25) is 0 Å². The molecular formula is C11H24N2O2S. The van der Waals surface area contributed by atoms with Crippen LogP contribution in [-0.4, -0.2) is 73.6 Å². The normalized spacial score (nSPS) is 21.9. The Bertz CT molecular complexity index is 173. The van der Waals surface area contributed by atoms with E-state index in [9.17, 15) is 0 Å². The van der Waals surface area contributed by atoms with Gasteiger partial charge in [0.1, 0.15) is 0 Å². The molecule has 0 saturated carbocycles. The fraction of sp³-hybridized carbons (Fsp3) is 1.00. The highest BCUT2D eigenvalue weighted by atomic mass is 32.2. The molecular weight excluding hydrogens is 224 g/mol. The molecule has 0 spiro atoms. The predicted octanol–water partition coefficient (Wildman–Crippen LogP) is 0.0206. The third-order valence-electron chi connectivity index (χ3n) is 3.04. The maximum Gasteiger partial charge on any atom is 0.0594 e. The highest BCUT2D eigenvalue weighted by molar-refractivity contribution is 7.99. The van der Waals surface area contributed by atoms with Crippen molar-refractivity contribution in [1.29, 1.82) is 0 Å². The monoisotopic (exact) mass is 248 g/mol. The first-order chi connectivity index (χ1) is 7.77. The van der Waals surface area contributed by atoms with Crippen LogP contribution in [0.25, 0.3) is 0 Å². The lowest BCUT2D eigenvalue weighted by molar-refractivity contribution is 0.0381. The van der Waals surface area contributed by atoms with Gasteiger partial charge in [-0.05, 0) is 13.2 Å². The highest BCUT2D eigenvalue weighted by Crippen LogP contribution is 2.09. The van der Waals surface area contributed by atoms with Gasteiger partial charge in [0.25, 0.3) is 0 Å². The van der Waals surface area contributed by atoms with E-state index in [0.717, 1.165) is 39.4 Å². The zero-order chi connectivity index (χ0) is 11.8. The molecule has 2 unspecified atom stereocenters. The van der Waals surface area contributed by atoms with Crippen LogP contribution in [-0.2, 0) is 4.74 Å². The Kier molecular flexibility index (Phi) is 7.40. The highest BCUT2D eigenvalue weighted by Gasteiger charge is 2.15. The third-order valence-corrected chi connectivity index (χ3v) is 4.20. The molecule has 1 aliphatic rings. The molecule has 0 aromatic heterocycles. The zero-order valence-corrected chi connectivity index (χ0v) is 11.1. The minimum atomic E-state index is 0.243. The molecule has 0 amide bonds. The van der Waals surface area contributed by atoms with Gasteiger partial charge in [-0.25, -0.2) is 0 Å². The van der Waals surface area contributed by atoms with Crippen molar-refractivity contribution >= 4 is 11.8 Å². The van der Waals surface area contributed by atoms with Crippen LogP contribution in [0.3, 0.4) is 0 Å². The number of hydrogen-bond donors (Lipinski definition) is 2. The minimum absolute atomic E-state index is 0.243. The molecule has 2 atom stereocenters. The molecule has 0 bridgehead atoms. The second-order valence-electron chi connectivity index (χ2n) is 4.15. The van der Waals surface area contributed by atoms with Gasteiger partial charge in [0.15, 0.2) is 0 Å². The minimum Gasteiger partial charge on any atom is -0.395 e. The SMILES string of the molecule is CSC(CO)C(C)NCCN1CCOCC1. The Balaban J connectivity index is 2.09. The van der Waals surface area contributed by atoms with Gasteiger partial charge in [-0.2, -0.15) is 11.8 Å². The lowest BCUT2D eigenvalue weighted by Crippen LogP contribution is -2.44. The number of rotatable bonds is 7. The lowest BCUT2D eigenvalue weighted by atomic mass is 10.2. The van der Waals surface area contributed by atoms with E-state index in [1.165, 1.54) is 0 Å². The molecule has 1 fully saturated rings. The van der Waals surface area contributed by atoms with Crippen molar-refractivity contribution in [2.24, 2.45) is 0 Å². The molecule has 0 radical (unpaired) electrons. The first-order valence-corrected chi connectivity index (χ1v) is 7.24. The number of aliphatic hydroxyl groups is 1. The molecule has 0 aliphatic carbocycles. The van der Waals surface area contributed by atoms with Crippen LogP contribution < -0.4 is 5.32 Å². The zero-order valence-electron chi connectivity index (χ0n) is 10.3. The van der Waals surface area contributed by atoms with Crippen molar-refractivity contribution in [3.8, 4) is 0 Å². The van der Waals surface area contributed by atoms with Gasteiger partial charge >= 0.3 is 0 Å². The first-order valence-electron chi connectivity index (χ1n) is 5.95. The maximum absolute atomic E-state index is 9.16. The summed E-state index contributed by atoms with van der Waals surface area (Å²) >= 11 is 1.72. The Morgan fingerprint density at radius 1 is 1.44 bits per heavy atom. The second-order valence-corrected chi connectivity index (χ2v) is 5.23. The number of aliphatic hydroxyl groups excluding tert-OH is 1. The standard InChI is InChI=1S/C11H24N2O2S/c1-10(11(9-14)16-2)12-3-4-13-5-7-15-8-6-13/h10-12,14H,3-9H2,1-2H3. The van der Waals surface area contributed by atoms with Crippen LogP contribution in [0.5, 0.6) is 0 Å². The number of nitrogens with zero attached hydrogens (tertiary/aromatic N) is 1. The summed E-state index contributed by atoms with van der Waals surface area (Å²) in [6, 6.07) is 0.362.